The molecule has 0 aliphatic carbocycles. The van der Waals surface area contributed by atoms with Crippen molar-refractivity contribution in [3.63, 3.8) is 0 Å². The van der Waals surface area contributed by atoms with E-state index in [0.717, 1.165) is 10.8 Å². The van der Waals surface area contributed by atoms with E-state index >= 15 is 0 Å². The molecule has 0 aromatic heterocycles. The number of fused-ring (bicyclic) bond motifs is 1. The van der Waals surface area contributed by atoms with Crippen molar-refractivity contribution in [2.45, 2.75) is 31.1 Å². The fraction of sp³-hybridized carbons (Fsp3) is 0.286. The summed E-state index contributed by atoms with van der Waals surface area (Å²) >= 11 is -1.92. The molecule has 0 fully saturated rings. The minimum atomic E-state index is -1.92. The fourth-order valence-corrected chi connectivity index (χ4v) is 2.42. The van der Waals surface area contributed by atoms with Gasteiger partial charge in [-0.3, -0.25) is 0 Å². The van der Waals surface area contributed by atoms with Crippen LogP contribution in [-0.2, 0) is 16.5 Å². The second kappa shape index (κ2) is 5.85. The van der Waals surface area contributed by atoms with Crippen molar-refractivity contribution in [2.75, 3.05) is 0 Å². The molecule has 0 saturated carbocycles. The summed E-state index contributed by atoms with van der Waals surface area (Å²) in [6, 6.07) is 11.5. The van der Waals surface area contributed by atoms with Crippen molar-refractivity contribution in [1.29, 1.82) is 0 Å². The Balaban J connectivity index is 0.00000162. The summed E-state index contributed by atoms with van der Waals surface area (Å²) in [5.74, 6) is 0. The first kappa shape index (κ1) is 15.9. The normalized spacial score (nSPS) is 13.1. The summed E-state index contributed by atoms with van der Waals surface area (Å²) in [7, 11) is 0. The van der Waals surface area contributed by atoms with Crippen molar-refractivity contribution < 1.29 is 8.76 Å². The molecule has 0 radical (unpaired) electrons. The van der Waals surface area contributed by atoms with Crippen molar-refractivity contribution in [2.24, 2.45) is 0 Å². The number of hydrogen-bond acceptors (Lipinski definition) is 1. The third-order valence-electron chi connectivity index (χ3n) is 2.86. The summed E-state index contributed by atoms with van der Waals surface area (Å²) in [5, 5.41) is 2.16. The van der Waals surface area contributed by atoms with Crippen LogP contribution in [0.1, 0.15) is 26.3 Å². The molecule has 2 aromatic carbocycles. The molecule has 0 saturated heterocycles. The Labute approximate surface area is 132 Å². The molecule has 1 atom stereocenters. The fourth-order valence-electron chi connectivity index (χ4n) is 2.01. The van der Waals surface area contributed by atoms with Crippen LogP contribution in [0.15, 0.2) is 41.3 Å². The van der Waals surface area contributed by atoms with E-state index in [1.54, 1.807) is 6.07 Å². The van der Waals surface area contributed by atoms with E-state index in [4.69, 9.17) is 4.55 Å². The van der Waals surface area contributed by atoms with Crippen molar-refractivity contribution in [3.8, 4) is 0 Å². The van der Waals surface area contributed by atoms with Gasteiger partial charge in [-0.1, -0.05) is 45.0 Å². The van der Waals surface area contributed by atoms with E-state index in [9.17, 15) is 4.21 Å². The van der Waals surface area contributed by atoms with Gasteiger partial charge in [0.2, 0.25) is 0 Å². The molecular weight excluding hydrogens is 255 g/mol. The Morgan fingerprint density at radius 1 is 1.11 bits per heavy atom. The maximum atomic E-state index is 11.1. The van der Waals surface area contributed by atoms with E-state index in [1.807, 2.05) is 24.3 Å². The molecule has 0 amide bonds. The summed E-state index contributed by atoms with van der Waals surface area (Å²) in [5.41, 5.74) is 1.22. The van der Waals surface area contributed by atoms with Crippen molar-refractivity contribution >= 4 is 51.4 Å². The predicted molar refractivity (Wildman–Crippen MR) is 78.8 cm³/mol. The van der Waals surface area contributed by atoms with Gasteiger partial charge in [-0.25, -0.2) is 4.21 Å². The number of rotatable bonds is 1. The molecule has 2 nitrogen and oxygen atoms in total. The molecule has 2 rings (SSSR count). The third kappa shape index (κ3) is 3.22. The topological polar surface area (TPSA) is 37.3 Å². The average molecular weight is 272 g/mol. The zero-order valence-corrected chi connectivity index (χ0v) is 11.0. The SMILES string of the molecule is CC(C)(C)c1cccc2ccc(S(=O)O)cc12.[NaH]. The van der Waals surface area contributed by atoms with Crippen LogP contribution in [-0.4, -0.2) is 38.3 Å². The molecule has 0 bridgehead atoms. The van der Waals surface area contributed by atoms with Gasteiger partial charge in [0, 0.05) is 0 Å². The molecule has 1 unspecified atom stereocenters. The second-order valence-corrected chi connectivity index (χ2v) is 6.16. The first-order chi connectivity index (χ1) is 7.89. The molecule has 2 aromatic rings. The quantitative estimate of drug-likeness (QED) is 0.640. The van der Waals surface area contributed by atoms with E-state index in [0.29, 0.717) is 4.90 Å². The second-order valence-electron chi connectivity index (χ2n) is 5.19. The van der Waals surface area contributed by atoms with Gasteiger partial charge in [0.15, 0.2) is 11.1 Å². The van der Waals surface area contributed by atoms with E-state index < -0.39 is 11.1 Å². The van der Waals surface area contributed by atoms with Crippen LogP contribution in [0.5, 0.6) is 0 Å². The molecule has 0 heterocycles. The summed E-state index contributed by atoms with van der Waals surface area (Å²) < 4.78 is 20.3. The third-order valence-corrected chi connectivity index (χ3v) is 3.52. The van der Waals surface area contributed by atoms with Gasteiger partial charge in [-0.2, -0.15) is 0 Å². The van der Waals surface area contributed by atoms with Gasteiger partial charge in [0.1, 0.15) is 0 Å². The Morgan fingerprint density at radius 2 is 1.78 bits per heavy atom. The van der Waals surface area contributed by atoms with E-state index in [-0.39, 0.29) is 35.0 Å². The Hall–Kier alpha value is -0.190. The van der Waals surface area contributed by atoms with E-state index in [2.05, 4.69) is 26.8 Å². The molecule has 1 N–H and O–H groups in total. The predicted octanol–water partition coefficient (Wildman–Crippen LogP) is 3.07. The first-order valence-electron chi connectivity index (χ1n) is 5.54. The van der Waals surface area contributed by atoms with Gasteiger partial charge in [-0.15, -0.1) is 0 Å². The summed E-state index contributed by atoms with van der Waals surface area (Å²) in [6.07, 6.45) is 0. The van der Waals surface area contributed by atoms with Crippen LogP contribution in [0, 0.1) is 0 Å². The van der Waals surface area contributed by atoms with Crippen molar-refractivity contribution in [1.82, 2.24) is 0 Å². The first-order valence-corrected chi connectivity index (χ1v) is 6.64. The standard InChI is InChI=1S/C14H16O2S.Na.H/c1-14(2,3)13-6-4-5-10-7-8-11(17(15)16)9-12(10)13;;/h4-9H,1-3H3,(H,15,16);;. The van der Waals surface area contributed by atoms with Crippen molar-refractivity contribution in [3.05, 3.63) is 42.0 Å². The monoisotopic (exact) mass is 272 g/mol. The Bertz CT molecular complexity index is 588. The van der Waals surface area contributed by atoms with Crippen LogP contribution in [0.3, 0.4) is 0 Å². The average Bonchev–Trinajstić information content (AvgIpc) is 2.26. The summed E-state index contributed by atoms with van der Waals surface area (Å²) in [6.45, 7) is 6.43. The zero-order chi connectivity index (χ0) is 12.6. The van der Waals surface area contributed by atoms with Crippen LogP contribution in [0.2, 0.25) is 0 Å². The van der Waals surface area contributed by atoms with Gasteiger partial charge < -0.3 is 4.55 Å². The molecule has 18 heavy (non-hydrogen) atoms. The van der Waals surface area contributed by atoms with Gasteiger partial charge in [0.25, 0.3) is 0 Å². The number of hydrogen-bond donors (Lipinski definition) is 1. The van der Waals surface area contributed by atoms with Gasteiger partial charge in [0.05, 0.1) is 4.90 Å². The molecular formula is C14H17NaO2S. The molecule has 0 aliphatic rings. The minimum absolute atomic E-state index is 0. The molecule has 4 heteroatoms. The molecule has 92 valence electrons. The number of benzene rings is 2. The van der Waals surface area contributed by atoms with Crippen LogP contribution >= 0.6 is 0 Å². The zero-order valence-electron chi connectivity index (χ0n) is 10.2. The Kier molecular flexibility index (Phi) is 5.15. The Morgan fingerprint density at radius 3 is 2.33 bits per heavy atom. The van der Waals surface area contributed by atoms with Crippen LogP contribution in [0.4, 0.5) is 0 Å². The molecule has 0 spiro atoms. The van der Waals surface area contributed by atoms with Gasteiger partial charge in [-0.05, 0) is 33.9 Å². The van der Waals surface area contributed by atoms with Crippen LogP contribution < -0.4 is 0 Å². The van der Waals surface area contributed by atoms with Crippen LogP contribution in [0.25, 0.3) is 10.8 Å². The van der Waals surface area contributed by atoms with E-state index in [1.165, 1.54) is 5.56 Å². The molecule has 0 aliphatic heterocycles. The van der Waals surface area contributed by atoms with Gasteiger partial charge >= 0.3 is 29.6 Å². The maximum absolute atomic E-state index is 11.1. The summed E-state index contributed by atoms with van der Waals surface area (Å²) in [4.78, 5) is 0.453.